The minimum Gasteiger partial charge on any atom is -0.322 e. The first-order valence-corrected chi connectivity index (χ1v) is 10.3. The first-order valence-electron chi connectivity index (χ1n) is 8.82. The first-order chi connectivity index (χ1) is 13.3. The molecular weight excluding hydrogens is 372 g/mol. The fourth-order valence-electron chi connectivity index (χ4n) is 2.78. The lowest BCUT2D eigenvalue weighted by Crippen LogP contribution is -2.26. The molecule has 1 amide bonds. The molecule has 3 aromatic rings. The van der Waals surface area contributed by atoms with Crippen molar-refractivity contribution in [2.75, 3.05) is 16.7 Å². The van der Waals surface area contributed by atoms with Crippen LogP contribution in [0.4, 0.5) is 11.4 Å². The Morgan fingerprint density at radius 3 is 2.18 bits per heavy atom. The van der Waals surface area contributed by atoms with Gasteiger partial charge in [-0.2, -0.15) is 0 Å². The van der Waals surface area contributed by atoms with Crippen LogP contribution in [0.2, 0.25) is 0 Å². The number of benzene rings is 3. The molecule has 144 valence electrons. The zero-order valence-corrected chi connectivity index (χ0v) is 16.8. The average Bonchev–Trinajstić information content (AvgIpc) is 2.71. The number of hydrogen-bond acceptors (Lipinski definition) is 3. The molecule has 1 N–H and O–H groups in total. The van der Waals surface area contributed by atoms with E-state index >= 15 is 0 Å². The lowest BCUT2D eigenvalue weighted by atomic mass is 10.1. The number of hydrogen-bond donors (Lipinski definition) is 1. The second-order valence-corrected chi connectivity index (χ2v) is 8.57. The maximum atomic E-state index is 12.7. The highest BCUT2D eigenvalue weighted by atomic mass is 32.2. The van der Waals surface area contributed by atoms with Gasteiger partial charge in [0, 0.05) is 18.3 Å². The number of aryl methyl sites for hydroxylation is 2. The van der Waals surface area contributed by atoms with E-state index in [0.717, 1.165) is 16.8 Å². The Labute approximate surface area is 165 Å². The number of sulfonamides is 1. The van der Waals surface area contributed by atoms with Gasteiger partial charge in [0.2, 0.25) is 0 Å². The largest absolute Gasteiger partial charge is 0.322 e. The monoisotopic (exact) mass is 394 g/mol. The molecule has 0 aromatic heterocycles. The Morgan fingerprint density at radius 2 is 1.54 bits per heavy atom. The Bertz CT molecular complexity index is 1090. The van der Waals surface area contributed by atoms with Gasteiger partial charge in [-0.1, -0.05) is 30.3 Å². The van der Waals surface area contributed by atoms with Gasteiger partial charge in [0.25, 0.3) is 15.9 Å². The molecule has 6 heteroatoms. The Balaban J connectivity index is 1.79. The van der Waals surface area contributed by atoms with E-state index in [1.807, 2.05) is 32.0 Å². The van der Waals surface area contributed by atoms with Gasteiger partial charge in [-0.05, 0) is 67.4 Å². The van der Waals surface area contributed by atoms with E-state index in [-0.39, 0.29) is 10.8 Å². The second-order valence-electron chi connectivity index (χ2n) is 6.60. The zero-order valence-electron chi connectivity index (χ0n) is 16.0. The standard InChI is InChI=1S/C22H22N2O3S/c1-16-9-10-17(2)21(15-16)23-22(25)18-11-13-19(14-12-18)24(3)28(26,27)20-7-5-4-6-8-20/h4-15H,1-3H3,(H,23,25). The van der Waals surface area contributed by atoms with E-state index in [1.165, 1.54) is 11.4 Å². The third kappa shape index (κ3) is 4.07. The maximum Gasteiger partial charge on any atom is 0.264 e. The number of amides is 1. The SMILES string of the molecule is Cc1ccc(C)c(NC(=O)c2ccc(N(C)S(=O)(=O)c3ccccc3)cc2)c1. The lowest BCUT2D eigenvalue weighted by molar-refractivity contribution is 0.102. The van der Waals surface area contributed by atoms with Gasteiger partial charge in [0.05, 0.1) is 10.6 Å². The Kier molecular flexibility index (Phi) is 5.51. The van der Waals surface area contributed by atoms with Crippen LogP contribution in [0.1, 0.15) is 21.5 Å². The van der Waals surface area contributed by atoms with Gasteiger partial charge in [-0.25, -0.2) is 8.42 Å². The number of anilines is 2. The lowest BCUT2D eigenvalue weighted by Gasteiger charge is -2.19. The molecule has 0 fully saturated rings. The van der Waals surface area contributed by atoms with Crippen LogP contribution in [0, 0.1) is 13.8 Å². The molecule has 0 saturated heterocycles. The summed E-state index contributed by atoms with van der Waals surface area (Å²) in [5.41, 5.74) is 3.73. The second kappa shape index (κ2) is 7.86. The molecule has 28 heavy (non-hydrogen) atoms. The highest BCUT2D eigenvalue weighted by Crippen LogP contribution is 2.23. The number of nitrogens with zero attached hydrogens (tertiary/aromatic N) is 1. The van der Waals surface area contributed by atoms with Gasteiger partial charge in [-0.15, -0.1) is 0 Å². The molecule has 3 aromatic carbocycles. The summed E-state index contributed by atoms with van der Waals surface area (Å²) in [4.78, 5) is 12.8. The van der Waals surface area contributed by atoms with E-state index in [0.29, 0.717) is 11.3 Å². The summed E-state index contributed by atoms with van der Waals surface area (Å²) in [5.74, 6) is -0.242. The molecular formula is C22H22N2O3S. The van der Waals surface area contributed by atoms with Gasteiger partial charge in [0.15, 0.2) is 0 Å². The van der Waals surface area contributed by atoms with E-state index < -0.39 is 10.0 Å². The summed E-state index contributed by atoms with van der Waals surface area (Å²) in [6, 6.07) is 20.6. The first kappa shape index (κ1) is 19.6. The van der Waals surface area contributed by atoms with Crippen molar-refractivity contribution >= 4 is 27.3 Å². The molecule has 0 radical (unpaired) electrons. The van der Waals surface area contributed by atoms with Crippen LogP contribution < -0.4 is 9.62 Å². The fourth-order valence-corrected chi connectivity index (χ4v) is 3.99. The Hall–Kier alpha value is -3.12. The topological polar surface area (TPSA) is 66.5 Å². The van der Waals surface area contributed by atoms with Gasteiger partial charge in [-0.3, -0.25) is 9.10 Å². The van der Waals surface area contributed by atoms with Gasteiger partial charge >= 0.3 is 0 Å². The molecule has 3 rings (SSSR count). The van der Waals surface area contributed by atoms with Crippen molar-refractivity contribution in [2.24, 2.45) is 0 Å². The molecule has 0 saturated carbocycles. The summed E-state index contributed by atoms with van der Waals surface area (Å²) in [5, 5.41) is 2.90. The molecule has 0 bridgehead atoms. The van der Waals surface area contributed by atoms with E-state index in [2.05, 4.69) is 5.32 Å². The van der Waals surface area contributed by atoms with Crippen molar-refractivity contribution in [2.45, 2.75) is 18.7 Å². The molecule has 0 unspecified atom stereocenters. The molecule has 0 atom stereocenters. The number of nitrogens with one attached hydrogen (secondary N) is 1. The Morgan fingerprint density at radius 1 is 0.893 bits per heavy atom. The highest BCUT2D eigenvalue weighted by molar-refractivity contribution is 7.92. The molecule has 0 aliphatic heterocycles. The van der Waals surface area contributed by atoms with Crippen molar-refractivity contribution in [1.82, 2.24) is 0 Å². The van der Waals surface area contributed by atoms with Crippen LogP contribution in [-0.4, -0.2) is 21.4 Å². The molecule has 0 aliphatic carbocycles. The fraction of sp³-hybridized carbons (Fsp3) is 0.136. The number of carbonyl (C=O) groups excluding carboxylic acids is 1. The quantitative estimate of drug-likeness (QED) is 0.698. The van der Waals surface area contributed by atoms with Crippen molar-refractivity contribution in [3.05, 3.63) is 89.5 Å². The maximum absolute atomic E-state index is 12.7. The predicted molar refractivity (Wildman–Crippen MR) is 112 cm³/mol. The van der Waals surface area contributed by atoms with E-state index in [9.17, 15) is 13.2 Å². The number of carbonyl (C=O) groups is 1. The normalized spacial score (nSPS) is 11.1. The summed E-state index contributed by atoms with van der Waals surface area (Å²) >= 11 is 0. The van der Waals surface area contributed by atoms with Crippen LogP contribution in [-0.2, 0) is 10.0 Å². The average molecular weight is 394 g/mol. The van der Waals surface area contributed by atoms with Crippen LogP contribution in [0.15, 0.2) is 77.7 Å². The third-order valence-corrected chi connectivity index (χ3v) is 6.34. The third-order valence-electron chi connectivity index (χ3n) is 4.54. The van der Waals surface area contributed by atoms with Crippen molar-refractivity contribution < 1.29 is 13.2 Å². The van der Waals surface area contributed by atoms with Gasteiger partial charge < -0.3 is 5.32 Å². The summed E-state index contributed by atoms with van der Waals surface area (Å²) in [6.45, 7) is 3.90. The summed E-state index contributed by atoms with van der Waals surface area (Å²) in [7, 11) is -2.16. The minimum atomic E-state index is -3.65. The summed E-state index contributed by atoms with van der Waals surface area (Å²) < 4.78 is 26.6. The van der Waals surface area contributed by atoms with Crippen molar-refractivity contribution in [3.63, 3.8) is 0 Å². The van der Waals surface area contributed by atoms with Crippen LogP contribution in [0.3, 0.4) is 0 Å². The predicted octanol–water partition coefficient (Wildman–Crippen LogP) is 4.38. The smallest absolute Gasteiger partial charge is 0.264 e. The molecule has 0 heterocycles. The van der Waals surface area contributed by atoms with Crippen molar-refractivity contribution in [1.29, 1.82) is 0 Å². The molecule has 5 nitrogen and oxygen atoms in total. The minimum absolute atomic E-state index is 0.217. The highest BCUT2D eigenvalue weighted by Gasteiger charge is 2.21. The molecule has 0 aliphatic rings. The van der Waals surface area contributed by atoms with Crippen LogP contribution >= 0.6 is 0 Å². The van der Waals surface area contributed by atoms with Gasteiger partial charge in [0.1, 0.15) is 0 Å². The van der Waals surface area contributed by atoms with E-state index in [1.54, 1.807) is 54.6 Å². The van der Waals surface area contributed by atoms with Crippen LogP contribution in [0.25, 0.3) is 0 Å². The summed E-state index contributed by atoms with van der Waals surface area (Å²) in [6.07, 6.45) is 0. The van der Waals surface area contributed by atoms with Crippen molar-refractivity contribution in [3.8, 4) is 0 Å². The van der Waals surface area contributed by atoms with E-state index in [4.69, 9.17) is 0 Å². The molecule has 0 spiro atoms. The zero-order chi connectivity index (χ0) is 20.3. The van der Waals surface area contributed by atoms with Crippen LogP contribution in [0.5, 0.6) is 0 Å². The number of rotatable bonds is 5.